The maximum absolute atomic E-state index is 11.5. The number of hydrogen-bond acceptors (Lipinski definition) is 3. The van der Waals surface area contributed by atoms with Gasteiger partial charge in [0.15, 0.2) is 0 Å². The van der Waals surface area contributed by atoms with Crippen molar-refractivity contribution in [3.05, 3.63) is 29.8 Å². The van der Waals surface area contributed by atoms with Crippen LogP contribution in [0.3, 0.4) is 0 Å². The van der Waals surface area contributed by atoms with Gasteiger partial charge in [0.25, 0.3) is 0 Å². The van der Waals surface area contributed by atoms with Crippen molar-refractivity contribution in [2.75, 3.05) is 13.7 Å². The Kier molecular flexibility index (Phi) is 4.80. The van der Waals surface area contributed by atoms with Gasteiger partial charge in [0, 0.05) is 18.2 Å². The third kappa shape index (κ3) is 3.47. The molecular weight excluding hydrogens is 242 g/mol. The summed E-state index contributed by atoms with van der Waals surface area (Å²) in [7, 11) is 1.57. The molecule has 1 aliphatic rings. The molecule has 0 aromatic heterocycles. The van der Waals surface area contributed by atoms with Gasteiger partial charge in [-0.1, -0.05) is 31.0 Å². The summed E-state index contributed by atoms with van der Waals surface area (Å²) in [5.74, 6) is -0.727. The molecule has 1 aromatic rings. The van der Waals surface area contributed by atoms with Crippen molar-refractivity contribution < 1.29 is 14.6 Å². The number of carboxylic acids is 1. The van der Waals surface area contributed by atoms with Crippen molar-refractivity contribution in [1.29, 1.82) is 0 Å². The van der Waals surface area contributed by atoms with Crippen molar-refractivity contribution in [3.63, 3.8) is 0 Å². The first kappa shape index (κ1) is 13.9. The quantitative estimate of drug-likeness (QED) is 0.827. The topological polar surface area (TPSA) is 58.6 Å². The van der Waals surface area contributed by atoms with E-state index in [4.69, 9.17) is 4.74 Å². The van der Waals surface area contributed by atoms with Crippen LogP contribution in [0.25, 0.3) is 0 Å². The van der Waals surface area contributed by atoms with Gasteiger partial charge in [-0.25, -0.2) is 0 Å². The van der Waals surface area contributed by atoms with E-state index >= 15 is 0 Å². The van der Waals surface area contributed by atoms with Crippen molar-refractivity contribution in [3.8, 4) is 5.75 Å². The minimum atomic E-state index is -0.810. The number of ether oxygens (including phenoxy) is 1. The molecular formula is C15H21NO3. The number of para-hydroxylation sites is 1. The molecule has 1 atom stereocenters. The third-order valence-electron chi connectivity index (χ3n) is 3.78. The van der Waals surface area contributed by atoms with E-state index in [1.165, 1.54) is 12.8 Å². The molecule has 1 aliphatic carbocycles. The molecule has 0 radical (unpaired) electrons. The number of hydrogen-bond donors (Lipinski definition) is 2. The van der Waals surface area contributed by atoms with Gasteiger partial charge < -0.3 is 15.2 Å². The van der Waals surface area contributed by atoms with Gasteiger partial charge >= 0.3 is 5.97 Å². The van der Waals surface area contributed by atoms with Crippen molar-refractivity contribution in [1.82, 2.24) is 5.32 Å². The number of rotatable bonds is 6. The lowest BCUT2D eigenvalue weighted by atomic mass is 9.97. The Balaban J connectivity index is 2.08. The fourth-order valence-electron chi connectivity index (χ4n) is 2.70. The van der Waals surface area contributed by atoms with Crippen molar-refractivity contribution >= 4 is 5.97 Å². The maximum Gasteiger partial charge on any atom is 0.312 e. The molecule has 104 valence electrons. The molecule has 1 saturated carbocycles. The Labute approximate surface area is 113 Å². The zero-order valence-corrected chi connectivity index (χ0v) is 11.3. The van der Waals surface area contributed by atoms with Gasteiger partial charge in [0.1, 0.15) is 5.75 Å². The number of aliphatic carboxylic acids is 1. The molecule has 0 amide bonds. The molecule has 2 rings (SSSR count). The van der Waals surface area contributed by atoms with E-state index in [1.807, 2.05) is 18.2 Å². The molecule has 0 spiro atoms. The summed E-state index contributed by atoms with van der Waals surface area (Å²) in [6.07, 6.45) is 4.78. The summed E-state index contributed by atoms with van der Waals surface area (Å²) in [6.45, 7) is 0.459. The Bertz CT molecular complexity index is 427. The van der Waals surface area contributed by atoms with Crippen LogP contribution < -0.4 is 10.1 Å². The first-order valence-corrected chi connectivity index (χ1v) is 6.81. The maximum atomic E-state index is 11.5. The summed E-state index contributed by atoms with van der Waals surface area (Å²) in [5, 5.41) is 12.8. The molecule has 1 aromatic carbocycles. The lowest BCUT2D eigenvalue weighted by molar-refractivity contribution is -0.138. The average molecular weight is 263 g/mol. The van der Waals surface area contributed by atoms with Crippen LogP contribution in [-0.4, -0.2) is 30.8 Å². The van der Waals surface area contributed by atoms with E-state index in [2.05, 4.69) is 5.32 Å². The van der Waals surface area contributed by atoms with Crippen LogP contribution >= 0.6 is 0 Å². The molecule has 0 aliphatic heterocycles. The Morgan fingerprint density at radius 2 is 2.11 bits per heavy atom. The second kappa shape index (κ2) is 6.57. The first-order valence-electron chi connectivity index (χ1n) is 6.81. The number of benzene rings is 1. The van der Waals surface area contributed by atoms with Gasteiger partial charge in [-0.2, -0.15) is 0 Å². The van der Waals surface area contributed by atoms with Gasteiger partial charge in [0.2, 0.25) is 0 Å². The molecule has 4 nitrogen and oxygen atoms in total. The minimum Gasteiger partial charge on any atom is -0.496 e. The Hall–Kier alpha value is -1.55. The largest absolute Gasteiger partial charge is 0.496 e. The number of carboxylic acid groups (broad SMARTS) is 1. The summed E-state index contributed by atoms with van der Waals surface area (Å²) in [5.41, 5.74) is 0.739. The van der Waals surface area contributed by atoms with E-state index in [0.29, 0.717) is 18.3 Å². The van der Waals surface area contributed by atoms with Gasteiger partial charge in [-0.3, -0.25) is 4.79 Å². The first-order chi connectivity index (χ1) is 9.22. The van der Waals surface area contributed by atoms with Gasteiger partial charge in [0.05, 0.1) is 13.0 Å². The SMILES string of the molecule is COc1ccccc1C(CNC1CCCC1)C(=O)O. The summed E-state index contributed by atoms with van der Waals surface area (Å²) in [6, 6.07) is 7.81. The van der Waals surface area contributed by atoms with Crippen molar-refractivity contribution in [2.45, 2.75) is 37.6 Å². The monoisotopic (exact) mass is 263 g/mol. The highest BCUT2D eigenvalue weighted by atomic mass is 16.5. The molecule has 2 N–H and O–H groups in total. The van der Waals surface area contributed by atoms with E-state index in [0.717, 1.165) is 18.4 Å². The Morgan fingerprint density at radius 1 is 1.42 bits per heavy atom. The minimum absolute atomic E-state index is 0.459. The predicted molar refractivity (Wildman–Crippen MR) is 73.6 cm³/mol. The molecule has 1 unspecified atom stereocenters. The molecule has 0 bridgehead atoms. The summed E-state index contributed by atoms with van der Waals surface area (Å²) >= 11 is 0. The van der Waals surface area contributed by atoms with E-state index < -0.39 is 11.9 Å². The predicted octanol–water partition coefficient (Wildman–Crippen LogP) is 2.40. The van der Waals surface area contributed by atoms with Gasteiger partial charge in [-0.15, -0.1) is 0 Å². The number of methoxy groups -OCH3 is 1. The van der Waals surface area contributed by atoms with Gasteiger partial charge in [-0.05, 0) is 18.9 Å². The lowest BCUT2D eigenvalue weighted by Crippen LogP contribution is -2.33. The van der Waals surface area contributed by atoms with Crippen LogP contribution in [0.1, 0.15) is 37.2 Å². The highest BCUT2D eigenvalue weighted by Crippen LogP contribution is 2.27. The fraction of sp³-hybridized carbons (Fsp3) is 0.533. The standard InChI is InChI=1S/C15H21NO3/c1-19-14-9-5-4-8-12(14)13(15(17)18)10-16-11-6-2-3-7-11/h4-5,8-9,11,13,16H,2-3,6-7,10H2,1H3,(H,17,18). The van der Waals surface area contributed by atoms with Crippen LogP contribution in [0, 0.1) is 0 Å². The normalized spacial score (nSPS) is 17.3. The molecule has 0 saturated heterocycles. The smallest absolute Gasteiger partial charge is 0.312 e. The second-order valence-corrected chi connectivity index (χ2v) is 5.02. The highest BCUT2D eigenvalue weighted by molar-refractivity contribution is 5.77. The average Bonchev–Trinajstić information content (AvgIpc) is 2.92. The van der Waals surface area contributed by atoms with E-state index in [1.54, 1.807) is 13.2 Å². The third-order valence-corrected chi connectivity index (χ3v) is 3.78. The summed E-state index contributed by atoms with van der Waals surface area (Å²) < 4.78 is 5.26. The Morgan fingerprint density at radius 3 is 2.74 bits per heavy atom. The van der Waals surface area contributed by atoms with Crippen LogP contribution in [0.4, 0.5) is 0 Å². The van der Waals surface area contributed by atoms with Crippen LogP contribution in [0.5, 0.6) is 5.75 Å². The van der Waals surface area contributed by atoms with E-state index in [-0.39, 0.29) is 0 Å². The summed E-state index contributed by atoms with van der Waals surface area (Å²) in [4.78, 5) is 11.5. The zero-order chi connectivity index (χ0) is 13.7. The van der Waals surface area contributed by atoms with Crippen LogP contribution in [-0.2, 0) is 4.79 Å². The number of nitrogens with one attached hydrogen (secondary N) is 1. The molecule has 0 heterocycles. The van der Waals surface area contributed by atoms with Crippen LogP contribution in [0.2, 0.25) is 0 Å². The fourth-order valence-corrected chi connectivity index (χ4v) is 2.70. The number of carbonyl (C=O) groups is 1. The lowest BCUT2D eigenvalue weighted by Gasteiger charge is -2.19. The molecule has 1 fully saturated rings. The highest BCUT2D eigenvalue weighted by Gasteiger charge is 2.25. The van der Waals surface area contributed by atoms with E-state index in [9.17, 15) is 9.90 Å². The zero-order valence-electron chi connectivity index (χ0n) is 11.3. The molecule has 19 heavy (non-hydrogen) atoms. The molecule has 4 heteroatoms. The van der Waals surface area contributed by atoms with Crippen molar-refractivity contribution in [2.24, 2.45) is 0 Å². The second-order valence-electron chi connectivity index (χ2n) is 5.02. The van der Waals surface area contributed by atoms with Crippen LogP contribution in [0.15, 0.2) is 24.3 Å².